The molecule has 2 nitrogen and oxygen atoms in total. The van der Waals surface area contributed by atoms with Crippen LogP contribution < -0.4 is 5.32 Å². The minimum atomic E-state index is -2.93. The van der Waals surface area contributed by atoms with Crippen molar-refractivity contribution in [3.63, 3.8) is 0 Å². The maximum absolute atomic E-state index is 11.8. The van der Waals surface area contributed by atoms with Crippen LogP contribution >= 0.6 is 11.3 Å². The Kier molecular flexibility index (Phi) is 4.00. The Hall–Kier alpha value is -0.970. The summed E-state index contributed by atoms with van der Waals surface area (Å²) >= 11 is 1.53. The number of carbonyl (C=O) groups is 1. The molecule has 5 heteroatoms. The summed E-state index contributed by atoms with van der Waals surface area (Å²) in [7, 11) is 0. The van der Waals surface area contributed by atoms with Crippen molar-refractivity contribution in [2.45, 2.75) is 26.3 Å². The molecule has 1 amide bonds. The maximum atomic E-state index is 11.8. The molecule has 1 N–H and O–H groups in total. The Morgan fingerprint density at radius 3 is 2.64 bits per heavy atom. The number of carbonyl (C=O) groups excluding carboxylic acids is 1. The molecule has 0 radical (unpaired) electrons. The first-order valence-corrected chi connectivity index (χ1v) is 5.08. The van der Waals surface area contributed by atoms with E-state index in [4.69, 9.17) is 0 Å². The fourth-order valence-corrected chi connectivity index (χ4v) is 1.86. The van der Waals surface area contributed by atoms with Gasteiger partial charge in [0, 0.05) is 9.75 Å². The highest BCUT2D eigenvalue weighted by atomic mass is 32.1. The first-order valence-electron chi connectivity index (χ1n) is 4.27. The normalized spacial score (nSPS) is 10.6. The van der Waals surface area contributed by atoms with Crippen molar-refractivity contribution in [3.8, 4) is 0 Å². The number of nitrogens with one attached hydrogen (secondary N) is 1. The summed E-state index contributed by atoms with van der Waals surface area (Å²) < 4.78 is 23.6. The number of amides is 1. The summed E-state index contributed by atoms with van der Waals surface area (Å²) in [6, 6.07) is 3.78. The number of alkyl halides is 2. The molecule has 0 aliphatic heterocycles. The van der Waals surface area contributed by atoms with E-state index in [2.05, 4.69) is 5.32 Å². The second-order valence-corrected chi connectivity index (χ2v) is 3.99. The number of hydrogen-bond acceptors (Lipinski definition) is 2. The molecule has 0 fully saturated rings. The van der Waals surface area contributed by atoms with E-state index in [1.54, 1.807) is 0 Å². The molecule has 0 atom stereocenters. The highest BCUT2D eigenvalue weighted by Crippen LogP contribution is 2.16. The van der Waals surface area contributed by atoms with E-state index < -0.39 is 12.3 Å². The summed E-state index contributed by atoms with van der Waals surface area (Å²) in [5.41, 5.74) is 0. The molecule has 0 saturated heterocycles. The van der Waals surface area contributed by atoms with Gasteiger partial charge in [-0.15, -0.1) is 11.3 Å². The van der Waals surface area contributed by atoms with Crippen LogP contribution in [0.2, 0.25) is 0 Å². The van der Waals surface area contributed by atoms with Crippen molar-refractivity contribution in [1.29, 1.82) is 0 Å². The minimum absolute atomic E-state index is 0.188. The highest BCUT2D eigenvalue weighted by molar-refractivity contribution is 7.11. The van der Waals surface area contributed by atoms with Crippen LogP contribution in [-0.2, 0) is 17.8 Å². The van der Waals surface area contributed by atoms with Crippen molar-refractivity contribution >= 4 is 17.2 Å². The van der Waals surface area contributed by atoms with Gasteiger partial charge in [-0.3, -0.25) is 4.79 Å². The Bertz CT molecular complexity index is 312. The van der Waals surface area contributed by atoms with Gasteiger partial charge in [0.05, 0.1) is 6.54 Å². The monoisotopic (exact) mass is 219 g/mol. The van der Waals surface area contributed by atoms with Gasteiger partial charge in [-0.1, -0.05) is 6.92 Å². The second kappa shape index (κ2) is 5.05. The predicted molar refractivity (Wildman–Crippen MR) is 51.5 cm³/mol. The third-order valence-electron chi connectivity index (χ3n) is 1.70. The standard InChI is InChI=1S/C9H11F2NOS/c1-2-6-3-4-7(14-6)5-12-9(13)8(10)11/h3-4,8H,2,5H2,1H3,(H,12,13). The summed E-state index contributed by atoms with van der Waals surface area (Å²) in [5, 5.41) is 2.16. The van der Waals surface area contributed by atoms with E-state index in [0.29, 0.717) is 0 Å². The molecule has 0 unspecified atom stereocenters. The Balaban J connectivity index is 2.41. The molecule has 1 rings (SSSR count). The van der Waals surface area contributed by atoms with Crippen LogP contribution in [0.5, 0.6) is 0 Å². The number of thiophene rings is 1. The first kappa shape index (κ1) is 11.1. The Labute approximate surface area is 84.9 Å². The van der Waals surface area contributed by atoms with Crippen molar-refractivity contribution in [1.82, 2.24) is 5.32 Å². The fraction of sp³-hybridized carbons (Fsp3) is 0.444. The van der Waals surface area contributed by atoms with Crippen molar-refractivity contribution < 1.29 is 13.6 Å². The van der Waals surface area contributed by atoms with Crippen LogP contribution in [0.4, 0.5) is 8.78 Å². The zero-order chi connectivity index (χ0) is 10.6. The zero-order valence-corrected chi connectivity index (χ0v) is 8.54. The molecule has 1 heterocycles. The molecule has 1 aromatic rings. The SMILES string of the molecule is CCc1ccc(CNC(=O)C(F)F)s1. The Morgan fingerprint density at radius 2 is 2.14 bits per heavy atom. The summed E-state index contributed by atoms with van der Waals surface area (Å²) in [6.45, 7) is 2.21. The average molecular weight is 219 g/mol. The molecular weight excluding hydrogens is 208 g/mol. The topological polar surface area (TPSA) is 29.1 Å². The van der Waals surface area contributed by atoms with Gasteiger partial charge in [-0.05, 0) is 18.6 Å². The van der Waals surface area contributed by atoms with E-state index in [1.165, 1.54) is 16.2 Å². The van der Waals surface area contributed by atoms with E-state index in [1.807, 2.05) is 19.1 Å². The molecule has 0 aliphatic rings. The summed E-state index contributed by atoms with van der Waals surface area (Å²) in [4.78, 5) is 12.6. The number of rotatable bonds is 4. The lowest BCUT2D eigenvalue weighted by molar-refractivity contribution is -0.131. The van der Waals surface area contributed by atoms with Crippen molar-refractivity contribution in [2.24, 2.45) is 0 Å². The third-order valence-corrected chi connectivity index (χ3v) is 2.93. The minimum Gasteiger partial charge on any atom is -0.346 e. The van der Waals surface area contributed by atoms with E-state index >= 15 is 0 Å². The third kappa shape index (κ3) is 3.06. The van der Waals surface area contributed by atoms with Gasteiger partial charge in [0.25, 0.3) is 5.91 Å². The lowest BCUT2D eigenvalue weighted by Crippen LogP contribution is -2.28. The van der Waals surface area contributed by atoms with Gasteiger partial charge in [0.1, 0.15) is 0 Å². The molecule has 0 aliphatic carbocycles. The van der Waals surface area contributed by atoms with Crippen LogP contribution in [0.1, 0.15) is 16.7 Å². The highest BCUT2D eigenvalue weighted by Gasteiger charge is 2.14. The van der Waals surface area contributed by atoms with Crippen molar-refractivity contribution in [2.75, 3.05) is 0 Å². The van der Waals surface area contributed by atoms with Gasteiger partial charge in [0.15, 0.2) is 0 Å². The average Bonchev–Trinajstić information content (AvgIpc) is 2.61. The smallest absolute Gasteiger partial charge is 0.315 e. The van der Waals surface area contributed by atoms with Crippen LogP contribution in [0.3, 0.4) is 0 Å². The fourth-order valence-electron chi connectivity index (χ4n) is 0.959. The van der Waals surface area contributed by atoms with E-state index in [0.717, 1.165) is 11.3 Å². The largest absolute Gasteiger partial charge is 0.346 e. The molecule has 0 spiro atoms. The molecule has 0 bridgehead atoms. The lowest BCUT2D eigenvalue weighted by Gasteiger charge is -2.01. The van der Waals surface area contributed by atoms with Crippen molar-refractivity contribution in [3.05, 3.63) is 21.9 Å². The second-order valence-electron chi connectivity index (χ2n) is 2.74. The maximum Gasteiger partial charge on any atom is 0.315 e. The Morgan fingerprint density at radius 1 is 1.50 bits per heavy atom. The molecule has 0 saturated carbocycles. The van der Waals surface area contributed by atoms with E-state index in [9.17, 15) is 13.6 Å². The molecule has 0 aromatic carbocycles. The van der Waals surface area contributed by atoms with Crippen LogP contribution in [0.25, 0.3) is 0 Å². The predicted octanol–water partition coefficient (Wildman–Crippen LogP) is 2.19. The summed E-state index contributed by atoms with van der Waals surface area (Å²) in [6.07, 6.45) is -2.01. The van der Waals surface area contributed by atoms with E-state index in [-0.39, 0.29) is 6.54 Å². The quantitative estimate of drug-likeness (QED) is 0.826. The lowest BCUT2D eigenvalue weighted by atomic mass is 10.3. The number of halogens is 2. The molecule has 14 heavy (non-hydrogen) atoms. The summed E-state index contributed by atoms with van der Waals surface area (Å²) in [5.74, 6) is -1.21. The van der Waals surface area contributed by atoms with Gasteiger partial charge in [0.2, 0.25) is 0 Å². The molecular formula is C9H11F2NOS. The van der Waals surface area contributed by atoms with Crippen LogP contribution in [-0.4, -0.2) is 12.3 Å². The number of aryl methyl sites for hydroxylation is 1. The molecule has 1 aromatic heterocycles. The first-order chi connectivity index (χ1) is 6.63. The van der Waals surface area contributed by atoms with Gasteiger partial charge in [-0.2, -0.15) is 8.78 Å². The van der Waals surface area contributed by atoms with Crippen LogP contribution in [0, 0.1) is 0 Å². The number of hydrogen-bond donors (Lipinski definition) is 1. The molecule has 78 valence electrons. The van der Waals surface area contributed by atoms with Crippen LogP contribution in [0.15, 0.2) is 12.1 Å². The van der Waals surface area contributed by atoms with Gasteiger partial charge in [-0.25, -0.2) is 0 Å². The zero-order valence-electron chi connectivity index (χ0n) is 7.72. The van der Waals surface area contributed by atoms with Gasteiger partial charge >= 0.3 is 6.43 Å². The van der Waals surface area contributed by atoms with Gasteiger partial charge < -0.3 is 5.32 Å².